The highest BCUT2D eigenvalue weighted by molar-refractivity contribution is 6.31. The molecule has 156 valence electrons. The summed E-state index contributed by atoms with van der Waals surface area (Å²) in [5.41, 5.74) is 1.70. The Balaban J connectivity index is 2.54. The number of carbonyl (C=O) groups excluding carboxylic acids is 3. The van der Waals surface area contributed by atoms with E-state index in [0.29, 0.717) is 16.1 Å². The van der Waals surface area contributed by atoms with Gasteiger partial charge in [0.15, 0.2) is 17.2 Å². The van der Waals surface area contributed by atoms with Crippen LogP contribution in [0.25, 0.3) is 0 Å². The monoisotopic (exact) mass is 420 g/mol. The second-order valence-corrected chi connectivity index (χ2v) is 7.16. The normalized spacial score (nSPS) is 10.9. The molecule has 0 radical (unpaired) electrons. The lowest BCUT2D eigenvalue weighted by molar-refractivity contribution is 0.0505. The van der Waals surface area contributed by atoms with E-state index in [1.165, 1.54) is 4.68 Å². The Hall–Kier alpha value is -2.67. The summed E-state index contributed by atoms with van der Waals surface area (Å²) < 4.78 is 11.5. The maximum absolute atomic E-state index is 12.8. The van der Waals surface area contributed by atoms with Crippen molar-refractivity contribution in [2.75, 3.05) is 13.2 Å². The van der Waals surface area contributed by atoms with Crippen molar-refractivity contribution >= 4 is 29.3 Å². The summed E-state index contributed by atoms with van der Waals surface area (Å²) in [4.78, 5) is 37.9. The quantitative estimate of drug-likeness (QED) is 0.469. The van der Waals surface area contributed by atoms with E-state index in [-0.39, 0.29) is 42.8 Å². The van der Waals surface area contributed by atoms with Gasteiger partial charge in [-0.3, -0.25) is 4.79 Å². The van der Waals surface area contributed by atoms with Gasteiger partial charge in [-0.25, -0.2) is 14.3 Å². The van der Waals surface area contributed by atoms with Gasteiger partial charge < -0.3 is 9.47 Å². The minimum absolute atomic E-state index is 0.0185. The van der Waals surface area contributed by atoms with E-state index in [1.54, 1.807) is 39.0 Å². The van der Waals surface area contributed by atoms with Crippen LogP contribution in [-0.2, 0) is 16.0 Å². The second kappa shape index (κ2) is 9.69. The molecule has 1 aromatic heterocycles. The first-order chi connectivity index (χ1) is 13.7. The van der Waals surface area contributed by atoms with Crippen molar-refractivity contribution in [3.05, 3.63) is 51.3 Å². The molecule has 0 aliphatic carbocycles. The van der Waals surface area contributed by atoms with Crippen LogP contribution in [0.5, 0.6) is 0 Å². The van der Waals surface area contributed by atoms with E-state index in [0.717, 1.165) is 5.56 Å². The van der Waals surface area contributed by atoms with Gasteiger partial charge in [0.1, 0.15) is 6.54 Å². The average Bonchev–Trinajstić information content (AvgIpc) is 3.04. The number of hydrogen-bond acceptors (Lipinski definition) is 6. The van der Waals surface area contributed by atoms with E-state index < -0.39 is 11.9 Å². The Morgan fingerprint density at radius 1 is 1.10 bits per heavy atom. The van der Waals surface area contributed by atoms with Gasteiger partial charge in [0.05, 0.1) is 13.2 Å². The molecule has 0 spiro atoms. The van der Waals surface area contributed by atoms with Gasteiger partial charge in [-0.15, -0.1) is 0 Å². The number of aromatic nitrogens is 2. The summed E-state index contributed by atoms with van der Waals surface area (Å²) in [5.74, 6) is -1.77. The zero-order chi connectivity index (χ0) is 21.7. The van der Waals surface area contributed by atoms with Gasteiger partial charge in [-0.05, 0) is 50.5 Å². The number of rotatable bonds is 8. The lowest BCUT2D eigenvalue weighted by atomic mass is 10.00. The molecule has 0 aliphatic rings. The molecular formula is C21H25ClN2O5. The highest BCUT2D eigenvalue weighted by atomic mass is 35.5. The van der Waals surface area contributed by atoms with E-state index >= 15 is 0 Å². The van der Waals surface area contributed by atoms with Gasteiger partial charge >= 0.3 is 11.9 Å². The lowest BCUT2D eigenvalue weighted by Crippen LogP contribution is -2.19. The first kappa shape index (κ1) is 22.6. The van der Waals surface area contributed by atoms with Gasteiger partial charge in [0, 0.05) is 16.1 Å². The number of aryl methyl sites for hydroxylation is 1. The SMILES string of the molecule is CCOC(=O)c1nn(CC(=O)c2ccc(Cl)c(C)c2)c(C(=O)OCC)c1C(C)C. The third kappa shape index (κ3) is 5.03. The third-order valence-corrected chi connectivity index (χ3v) is 4.70. The number of hydrogen-bond donors (Lipinski definition) is 0. The third-order valence-electron chi connectivity index (χ3n) is 4.28. The molecule has 0 bridgehead atoms. The van der Waals surface area contributed by atoms with Crippen molar-refractivity contribution in [3.63, 3.8) is 0 Å². The molecule has 0 unspecified atom stereocenters. The number of ether oxygens (including phenoxy) is 2. The zero-order valence-corrected chi connectivity index (χ0v) is 18.0. The number of nitrogens with zero attached hydrogens (tertiary/aromatic N) is 2. The highest BCUT2D eigenvalue weighted by Crippen LogP contribution is 2.26. The Morgan fingerprint density at radius 3 is 2.28 bits per heavy atom. The number of Topliss-reactive ketones (excluding diaryl/α,β-unsaturated/α-hetero) is 1. The molecular weight excluding hydrogens is 396 g/mol. The fraction of sp³-hybridized carbons (Fsp3) is 0.429. The Labute approximate surface area is 174 Å². The molecule has 0 aliphatic heterocycles. The molecule has 1 aromatic carbocycles. The van der Waals surface area contributed by atoms with Crippen LogP contribution in [0.3, 0.4) is 0 Å². The summed E-state index contributed by atoms with van der Waals surface area (Å²) in [6.07, 6.45) is 0. The van der Waals surface area contributed by atoms with Crippen molar-refractivity contribution in [2.45, 2.75) is 47.1 Å². The van der Waals surface area contributed by atoms with E-state index in [1.807, 2.05) is 13.8 Å². The van der Waals surface area contributed by atoms with Crippen molar-refractivity contribution in [1.82, 2.24) is 9.78 Å². The van der Waals surface area contributed by atoms with Crippen molar-refractivity contribution in [3.8, 4) is 0 Å². The van der Waals surface area contributed by atoms with Gasteiger partial charge in [-0.1, -0.05) is 25.4 Å². The maximum atomic E-state index is 12.8. The first-order valence-corrected chi connectivity index (χ1v) is 9.83. The van der Waals surface area contributed by atoms with E-state index in [9.17, 15) is 14.4 Å². The van der Waals surface area contributed by atoms with Gasteiger partial charge in [-0.2, -0.15) is 5.10 Å². The number of halogens is 1. The van der Waals surface area contributed by atoms with Crippen LogP contribution in [0.4, 0.5) is 0 Å². The van der Waals surface area contributed by atoms with Crippen LogP contribution in [0.1, 0.15) is 76.1 Å². The molecule has 8 heteroatoms. The largest absolute Gasteiger partial charge is 0.461 e. The molecule has 0 N–H and O–H groups in total. The molecule has 0 amide bonds. The number of esters is 2. The topological polar surface area (TPSA) is 87.5 Å². The Kier molecular flexibility index (Phi) is 7.56. The molecule has 0 fully saturated rings. The Bertz CT molecular complexity index is 933. The maximum Gasteiger partial charge on any atom is 0.359 e. The highest BCUT2D eigenvalue weighted by Gasteiger charge is 2.31. The molecule has 0 atom stereocenters. The summed E-state index contributed by atoms with van der Waals surface area (Å²) in [6.45, 7) is 8.92. The van der Waals surface area contributed by atoms with Crippen molar-refractivity contribution in [1.29, 1.82) is 0 Å². The fourth-order valence-electron chi connectivity index (χ4n) is 2.95. The summed E-state index contributed by atoms with van der Waals surface area (Å²) >= 11 is 6.03. The van der Waals surface area contributed by atoms with E-state index in [2.05, 4.69) is 5.10 Å². The van der Waals surface area contributed by atoms with E-state index in [4.69, 9.17) is 21.1 Å². The fourth-order valence-corrected chi connectivity index (χ4v) is 3.07. The van der Waals surface area contributed by atoms with Gasteiger partial charge in [0.2, 0.25) is 0 Å². The number of benzene rings is 1. The molecule has 2 rings (SSSR count). The Morgan fingerprint density at radius 2 is 1.72 bits per heavy atom. The molecule has 0 saturated heterocycles. The minimum Gasteiger partial charge on any atom is -0.461 e. The number of carbonyl (C=O) groups is 3. The molecule has 1 heterocycles. The second-order valence-electron chi connectivity index (χ2n) is 6.75. The van der Waals surface area contributed by atoms with Crippen LogP contribution in [0, 0.1) is 6.92 Å². The summed E-state index contributed by atoms with van der Waals surface area (Å²) in [5, 5.41) is 4.81. The van der Waals surface area contributed by atoms with Crippen LogP contribution < -0.4 is 0 Å². The summed E-state index contributed by atoms with van der Waals surface area (Å²) in [7, 11) is 0. The lowest BCUT2D eigenvalue weighted by Gasteiger charge is -2.11. The molecule has 0 saturated carbocycles. The van der Waals surface area contributed by atoms with Crippen LogP contribution in [-0.4, -0.2) is 40.7 Å². The predicted molar refractivity (Wildman–Crippen MR) is 109 cm³/mol. The smallest absolute Gasteiger partial charge is 0.359 e. The molecule has 7 nitrogen and oxygen atoms in total. The molecule has 2 aromatic rings. The van der Waals surface area contributed by atoms with Crippen LogP contribution in [0.15, 0.2) is 18.2 Å². The minimum atomic E-state index is -0.643. The van der Waals surface area contributed by atoms with Gasteiger partial charge in [0.25, 0.3) is 0 Å². The standard InChI is InChI=1S/C21H25ClN2O5/c1-6-28-20(26)18-17(12(3)4)19(21(27)29-7-2)24(23-18)11-16(25)14-8-9-15(22)13(5)10-14/h8-10,12H,6-7,11H2,1-5H3. The van der Waals surface area contributed by atoms with Crippen molar-refractivity contribution in [2.24, 2.45) is 0 Å². The first-order valence-electron chi connectivity index (χ1n) is 9.45. The van der Waals surface area contributed by atoms with Crippen LogP contribution >= 0.6 is 11.6 Å². The predicted octanol–water partition coefficient (Wildman–Crippen LogP) is 4.20. The van der Waals surface area contributed by atoms with Crippen molar-refractivity contribution < 1.29 is 23.9 Å². The zero-order valence-electron chi connectivity index (χ0n) is 17.2. The summed E-state index contributed by atoms with van der Waals surface area (Å²) in [6, 6.07) is 4.93. The molecule has 29 heavy (non-hydrogen) atoms. The van der Waals surface area contributed by atoms with Crippen LogP contribution in [0.2, 0.25) is 5.02 Å². The number of ketones is 1. The average molecular weight is 421 g/mol.